The highest BCUT2D eigenvalue weighted by Crippen LogP contribution is 2.40. The second kappa shape index (κ2) is 10.5. The number of H-pyrrole nitrogens is 1. The molecule has 4 nitrogen and oxygen atoms in total. The first-order valence-corrected chi connectivity index (χ1v) is 16.3. The summed E-state index contributed by atoms with van der Waals surface area (Å²) >= 11 is 0. The summed E-state index contributed by atoms with van der Waals surface area (Å²) in [6.07, 6.45) is 1.96. The molecule has 0 saturated carbocycles. The molecule has 7 aromatic carbocycles. The van der Waals surface area contributed by atoms with Gasteiger partial charge >= 0.3 is 0 Å². The molecule has 4 heteroatoms. The first kappa shape index (κ1) is 26.7. The van der Waals surface area contributed by atoms with Crippen molar-refractivity contribution in [2.75, 3.05) is 0 Å². The Labute approximate surface area is 276 Å². The zero-order valence-corrected chi connectivity index (χ0v) is 25.9. The third-order valence-electron chi connectivity index (χ3n) is 9.58. The Morgan fingerprint density at radius 2 is 1.19 bits per heavy atom. The van der Waals surface area contributed by atoms with Crippen LogP contribution in [-0.2, 0) is 0 Å². The minimum atomic E-state index is 0.901. The van der Waals surface area contributed by atoms with Gasteiger partial charge < -0.3 is 4.98 Å². The predicted molar refractivity (Wildman–Crippen MR) is 200 cm³/mol. The summed E-state index contributed by atoms with van der Waals surface area (Å²) in [6.45, 7) is 0. The number of nitrogens with zero attached hydrogens (tertiary/aromatic N) is 3. The number of hydrogen-bond acceptors (Lipinski definition) is 2. The fourth-order valence-corrected chi connectivity index (χ4v) is 7.31. The predicted octanol–water partition coefficient (Wildman–Crippen LogP) is 11.4. The molecule has 0 saturated heterocycles. The van der Waals surface area contributed by atoms with Gasteiger partial charge in [-0.1, -0.05) is 121 Å². The smallest absolute Gasteiger partial charge is 0.147 e. The van der Waals surface area contributed by atoms with Crippen LogP contribution in [0, 0.1) is 0 Å². The Balaban J connectivity index is 1.24. The lowest BCUT2D eigenvalue weighted by molar-refractivity contribution is 1.12. The van der Waals surface area contributed by atoms with Crippen LogP contribution in [-0.4, -0.2) is 19.5 Å². The van der Waals surface area contributed by atoms with Crippen molar-refractivity contribution in [2.24, 2.45) is 0 Å². The standard InChI is InChI=1S/C44H28N4/c1-2-13-32-27-45-39(26-29(32)12-1)31-16-7-15-30(25-31)34-19-10-24-41-43(34)47-44(48(41)40-23-8-14-28-11-3-4-17-33(28)40)37-21-9-20-36-35-18-5-6-22-38(35)46-42(36)37/h1-27,46H. The van der Waals surface area contributed by atoms with Crippen LogP contribution in [0.15, 0.2) is 164 Å². The van der Waals surface area contributed by atoms with E-state index in [1.807, 2.05) is 6.20 Å². The number of nitrogens with one attached hydrogen (secondary N) is 1. The van der Waals surface area contributed by atoms with Gasteiger partial charge in [0.25, 0.3) is 0 Å². The molecule has 1 N–H and O–H groups in total. The molecular weight excluding hydrogens is 585 g/mol. The summed E-state index contributed by atoms with van der Waals surface area (Å²) in [6, 6.07) is 55.9. The number of fused-ring (bicyclic) bond motifs is 6. The van der Waals surface area contributed by atoms with Crippen molar-refractivity contribution in [3.05, 3.63) is 164 Å². The topological polar surface area (TPSA) is 46.5 Å². The molecule has 0 aliphatic carbocycles. The molecule has 0 aliphatic rings. The quantitative estimate of drug-likeness (QED) is 0.215. The highest BCUT2D eigenvalue weighted by molar-refractivity contribution is 6.12. The largest absolute Gasteiger partial charge is 0.354 e. The van der Waals surface area contributed by atoms with E-state index in [4.69, 9.17) is 9.97 Å². The Hall–Kier alpha value is -6.52. The van der Waals surface area contributed by atoms with Crippen LogP contribution >= 0.6 is 0 Å². The molecule has 0 amide bonds. The van der Waals surface area contributed by atoms with Crippen LogP contribution in [0.4, 0.5) is 0 Å². The second-order valence-electron chi connectivity index (χ2n) is 12.3. The van der Waals surface area contributed by atoms with Crippen LogP contribution in [0.5, 0.6) is 0 Å². The second-order valence-corrected chi connectivity index (χ2v) is 12.3. The molecule has 0 bridgehead atoms. The summed E-state index contributed by atoms with van der Waals surface area (Å²) in [5, 5.41) is 7.09. The maximum Gasteiger partial charge on any atom is 0.147 e. The van der Waals surface area contributed by atoms with Gasteiger partial charge in [-0.15, -0.1) is 0 Å². The summed E-state index contributed by atoms with van der Waals surface area (Å²) in [4.78, 5) is 14.1. The zero-order valence-electron chi connectivity index (χ0n) is 25.9. The van der Waals surface area contributed by atoms with E-state index in [1.165, 1.54) is 26.9 Å². The number of benzene rings is 7. The molecule has 48 heavy (non-hydrogen) atoms. The van der Waals surface area contributed by atoms with Gasteiger partial charge in [0.2, 0.25) is 0 Å². The minimum absolute atomic E-state index is 0.901. The number of rotatable bonds is 4. The van der Waals surface area contributed by atoms with Crippen LogP contribution in [0.1, 0.15) is 0 Å². The molecule has 0 unspecified atom stereocenters. The maximum atomic E-state index is 5.53. The van der Waals surface area contributed by atoms with E-state index >= 15 is 0 Å². The van der Waals surface area contributed by atoms with E-state index in [0.29, 0.717) is 0 Å². The van der Waals surface area contributed by atoms with E-state index in [-0.39, 0.29) is 0 Å². The van der Waals surface area contributed by atoms with E-state index < -0.39 is 0 Å². The number of aromatic amines is 1. The molecule has 0 radical (unpaired) electrons. The van der Waals surface area contributed by atoms with Crippen molar-refractivity contribution >= 4 is 54.4 Å². The Bertz CT molecular complexity index is 2850. The third-order valence-corrected chi connectivity index (χ3v) is 9.58. The van der Waals surface area contributed by atoms with Gasteiger partial charge in [0, 0.05) is 49.9 Å². The van der Waals surface area contributed by atoms with Gasteiger partial charge in [-0.3, -0.25) is 9.55 Å². The number of para-hydroxylation sites is 3. The molecule has 3 aromatic heterocycles. The lowest BCUT2D eigenvalue weighted by Gasteiger charge is -2.13. The Morgan fingerprint density at radius 3 is 2.12 bits per heavy atom. The first-order valence-electron chi connectivity index (χ1n) is 16.3. The van der Waals surface area contributed by atoms with Crippen molar-refractivity contribution in [2.45, 2.75) is 0 Å². The normalized spacial score (nSPS) is 11.8. The van der Waals surface area contributed by atoms with Gasteiger partial charge in [-0.05, 0) is 52.7 Å². The zero-order chi connectivity index (χ0) is 31.6. The highest BCUT2D eigenvalue weighted by atomic mass is 15.1. The highest BCUT2D eigenvalue weighted by Gasteiger charge is 2.21. The monoisotopic (exact) mass is 612 g/mol. The number of aromatic nitrogens is 4. The SMILES string of the molecule is c1cc(-c2cc3ccccc3cn2)cc(-c2cccc3c2nc(-c2cccc4c2[nH]c2ccccc24)n3-c2cccc3ccccc23)c1. The van der Waals surface area contributed by atoms with Crippen LogP contribution in [0.25, 0.3) is 93.8 Å². The van der Waals surface area contributed by atoms with Crippen molar-refractivity contribution in [3.63, 3.8) is 0 Å². The van der Waals surface area contributed by atoms with Gasteiger partial charge in [-0.2, -0.15) is 0 Å². The molecule has 0 fully saturated rings. The average Bonchev–Trinajstić information content (AvgIpc) is 3.73. The fraction of sp³-hybridized carbons (Fsp3) is 0. The van der Waals surface area contributed by atoms with Gasteiger partial charge in [0.1, 0.15) is 5.82 Å². The van der Waals surface area contributed by atoms with Crippen molar-refractivity contribution in [1.82, 2.24) is 19.5 Å². The van der Waals surface area contributed by atoms with E-state index in [2.05, 4.69) is 167 Å². The molecule has 10 rings (SSSR count). The van der Waals surface area contributed by atoms with Crippen molar-refractivity contribution in [1.29, 1.82) is 0 Å². The van der Waals surface area contributed by atoms with Crippen LogP contribution in [0.2, 0.25) is 0 Å². The van der Waals surface area contributed by atoms with Crippen molar-refractivity contribution in [3.8, 4) is 39.5 Å². The van der Waals surface area contributed by atoms with Crippen LogP contribution in [0.3, 0.4) is 0 Å². The summed E-state index contributed by atoms with van der Waals surface area (Å²) < 4.78 is 2.34. The Kier molecular flexibility index (Phi) is 5.84. The number of pyridine rings is 1. The van der Waals surface area contributed by atoms with Crippen molar-refractivity contribution < 1.29 is 0 Å². The maximum absolute atomic E-state index is 5.53. The van der Waals surface area contributed by atoms with Gasteiger partial charge in [0.05, 0.1) is 27.9 Å². The molecule has 3 heterocycles. The Morgan fingerprint density at radius 1 is 0.500 bits per heavy atom. The molecule has 224 valence electrons. The first-order chi connectivity index (χ1) is 23.8. The minimum Gasteiger partial charge on any atom is -0.354 e. The molecular formula is C44H28N4. The number of imidazole rings is 1. The van der Waals surface area contributed by atoms with Gasteiger partial charge in [-0.25, -0.2) is 4.98 Å². The molecule has 0 aliphatic heterocycles. The lowest BCUT2D eigenvalue weighted by atomic mass is 9.99. The fourth-order valence-electron chi connectivity index (χ4n) is 7.31. The van der Waals surface area contributed by atoms with E-state index in [0.717, 1.165) is 66.9 Å². The molecule has 0 spiro atoms. The number of hydrogen-bond donors (Lipinski definition) is 1. The van der Waals surface area contributed by atoms with E-state index in [9.17, 15) is 0 Å². The molecule has 0 atom stereocenters. The van der Waals surface area contributed by atoms with Crippen LogP contribution < -0.4 is 0 Å². The van der Waals surface area contributed by atoms with E-state index in [1.54, 1.807) is 0 Å². The van der Waals surface area contributed by atoms with Gasteiger partial charge in [0.15, 0.2) is 0 Å². The average molecular weight is 613 g/mol. The lowest BCUT2D eigenvalue weighted by Crippen LogP contribution is -1.99. The third kappa shape index (κ3) is 4.10. The summed E-state index contributed by atoms with van der Waals surface area (Å²) in [5.41, 5.74) is 10.6. The summed E-state index contributed by atoms with van der Waals surface area (Å²) in [5.74, 6) is 0.901. The molecule has 10 aromatic rings. The summed E-state index contributed by atoms with van der Waals surface area (Å²) in [7, 11) is 0.